The molecular formula is C12H15N5O3. The van der Waals surface area contributed by atoms with Crippen molar-refractivity contribution < 1.29 is 9.72 Å². The summed E-state index contributed by atoms with van der Waals surface area (Å²) in [4.78, 5) is 22.2. The molecule has 0 bridgehead atoms. The number of nitrogens with two attached hydrogens (primary N) is 1. The Kier molecular flexibility index (Phi) is 4.26. The number of nitrogens with zero attached hydrogens (tertiary/aromatic N) is 2. The number of hydrogen-bond donors (Lipinski definition) is 3. The highest BCUT2D eigenvalue weighted by atomic mass is 16.6. The SMILES string of the molecule is NCCCCNC(=O)c1n[nH]c2ccc([N+](=O)[O-])cc12. The fourth-order valence-electron chi connectivity index (χ4n) is 1.84. The van der Waals surface area contributed by atoms with E-state index in [2.05, 4.69) is 15.5 Å². The molecule has 0 aliphatic rings. The maximum Gasteiger partial charge on any atom is 0.272 e. The summed E-state index contributed by atoms with van der Waals surface area (Å²) in [6.45, 7) is 1.08. The highest BCUT2D eigenvalue weighted by Gasteiger charge is 2.16. The first-order valence-corrected chi connectivity index (χ1v) is 6.24. The Morgan fingerprint density at radius 3 is 2.95 bits per heavy atom. The molecule has 0 fully saturated rings. The first-order valence-electron chi connectivity index (χ1n) is 6.24. The van der Waals surface area contributed by atoms with Crippen LogP contribution in [0.5, 0.6) is 0 Å². The van der Waals surface area contributed by atoms with Crippen molar-refractivity contribution in [2.75, 3.05) is 13.1 Å². The van der Waals surface area contributed by atoms with Crippen LogP contribution in [0.4, 0.5) is 5.69 Å². The molecule has 0 unspecified atom stereocenters. The molecule has 1 heterocycles. The van der Waals surface area contributed by atoms with Crippen molar-refractivity contribution in [2.45, 2.75) is 12.8 Å². The van der Waals surface area contributed by atoms with Gasteiger partial charge in [-0.1, -0.05) is 0 Å². The minimum absolute atomic E-state index is 0.0731. The fraction of sp³-hybridized carbons (Fsp3) is 0.333. The molecule has 0 radical (unpaired) electrons. The van der Waals surface area contributed by atoms with Crippen LogP contribution in [0.3, 0.4) is 0 Å². The van der Waals surface area contributed by atoms with Crippen LogP contribution in [0.25, 0.3) is 10.9 Å². The van der Waals surface area contributed by atoms with Crippen LogP contribution in [-0.2, 0) is 0 Å². The van der Waals surface area contributed by atoms with Crippen molar-refractivity contribution in [3.8, 4) is 0 Å². The van der Waals surface area contributed by atoms with E-state index in [0.29, 0.717) is 24.0 Å². The molecular weight excluding hydrogens is 262 g/mol. The summed E-state index contributed by atoms with van der Waals surface area (Å²) in [5, 5.41) is 20.5. The molecule has 0 aliphatic carbocycles. The number of aromatic amines is 1. The van der Waals surface area contributed by atoms with E-state index in [0.717, 1.165) is 12.8 Å². The third-order valence-corrected chi connectivity index (χ3v) is 2.89. The van der Waals surface area contributed by atoms with Gasteiger partial charge < -0.3 is 11.1 Å². The van der Waals surface area contributed by atoms with E-state index in [-0.39, 0.29) is 17.3 Å². The second-order valence-electron chi connectivity index (χ2n) is 4.31. The maximum absolute atomic E-state index is 12.0. The number of fused-ring (bicyclic) bond motifs is 1. The van der Waals surface area contributed by atoms with Crippen LogP contribution in [0.1, 0.15) is 23.3 Å². The lowest BCUT2D eigenvalue weighted by Gasteiger charge is -2.02. The molecule has 0 spiro atoms. The summed E-state index contributed by atoms with van der Waals surface area (Å²) in [6, 6.07) is 4.24. The third kappa shape index (κ3) is 2.91. The van der Waals surface area contributed by atoms with Crippen molar-refractivity contribution in [3.63, 3.8) is 0 Å². The molecule has 1 aromatic heterocycles. The van der Waals surface area contributed by atoms with Crippen molar-refractivity contribution in [1.82, 2.24) is 15.5 Å². The summed E-state index contributed by atoms with van der Waals surface area (Å²) in [5.74, 6) is -0.353. The van der Waals surface area contributed by atoms with E-state index in [4.69, 9.17) is 5.73 Å². The molecule has 106 valence electrons. The van der Waals surface area contributed by atoms with Gasteiger partial charge >= 0.3 is 0 Å². The van der Waals surface area contributed by atoms with Crippen LogP contribution in [-0.4, -0.2) is 34.1 Å². The third-order valence-electron chi connectivity index (χ3n) is 2.89. The monoisotopic (exact) mass is 277 g/mol. The second-order valence-corrected chi connectivity index (χ2v) is 4.31. The zero-order valence-electron chi connectivity index (χ0n) is 10.8. The predicted octanol–water partition coefficient (Wildman–Crippen LogP) is 0.940. The van der Waals surface area contributed by atoms with Crippen LogP contribution < -0.4 is 11.1 Å². The number of unbranched alkanes of at least 4 members (excludes halogenated alkanes) is 1. The number of nitrogens with one attached hydrogen (secondary N) is 2. The van der Waals surface area contributed by atoms with Crippen molar-refractivity contribution in [3.05, 3.63) is 34.0 Å². The normalized spacial score (nSPS) is 10.7. The quantitative estimate of drug-likeness (QED) is 0.411. The Hall–Kier alpha value is -2.48. The number of nitro groups is 1. The molecule has 1 amide bonds. The number of nitro benzene ring substituents is 1. The van der Waals surface area contributed by atoms with Crippen LogP contribution in [0, 0.1) is 10.1 Å². The van der Waals surface area contributed by atoms with Gasteiger partial charge in [0.25, 0.3) is 11.6 Å². The van der Waals surface area contributed by atoms with Crippen LogP contribution in [0.2, 0.25) is 0 Å². The van der Waals surface area contributed by atoms with Crippen LogP contribution in [0.15, 0.2) is 18.2 Å². The summed E-state index contributed by atoms with van der Waals surface area (Å²) < 4.78 is 0. The average Bonchev–Trinajstić information content (AvgIpc) is 2.86. The van der Waals surface area contributed by atoms with Crippen molar-refractivity contribution in [1.29, 1.82) is 0 Å². The number of rotatable bonds is 6. The number of aromatic nitrogens is 2. The van der Waals surface area contributed by atoms with E-state index in [1.165, 1.54) is 18.2 Å². The molecule has 1 aromatic carbocycles. The van der Waals surface area contributed by atoms with Gasteiger partial charge in [-0.25, -0.2) is 0 Å². The number of benzene rings is 1. The highest BCUT2D eigenvalue weighted by Crippen LogP contribution is 2.21. The Morgan fingerprint density at radius 1 is 1.45 bits per heavy atom. The van der Waals surface area contributed by atoms with Crippen molar-refractivity contribution in [2.24, 2.45) is 5.73 Å². The number of H-pyrrole nitrogens is 1. The van der Waals surface area contributed by atoms with E-state index < -0.39 is 4.92 Å². The topological polar surface area (TPSA) is 127 Å². The standard InChI is InChI=1S/C12H15N5O3/c13-5-1-2-6-14-12(18)11-9-7-8(17(19)20)3-4-10(9)15-16-11/h3-4,7H,1-2,5-6,13H2,(H,14,18)(H,15,16). The summed E-state index contributed by atoms with van der Waals surface area (Å²) in [7, 11) is 0. The lowest BCUT2D eigenvalue weighted by Crippen LogP contribution is -2.25. The van der Waals surface area contributed by atoms with Crippen molar-refractivity contribution >= 4 is 22.5 Å². The van der Waals surface area contributed by atoms with Gasteiger partial charge in [-0.05, 0) is 25.5 Å². The van der Waals surface area contributed by atoms with Gasteiger partial charge in [0.15, 0.2) is 5.69 Å². The molecule has 0 aliphatic heterocycles. The minimum Gasteiger partial charge on any atom is -0.351 e. The highest BCUT2D eigenvalue weighted by molar-refractivity contribution is 6.05. The Labute approximate surface area is 114 Å². The molecule has 4 N–H and O–H groups in total. The Balaban J connectivity index is 2.18. The lowest BCUT2D eigenvalue weighted by molar-refractivity contribution is -0.384. The zero-order valence-corrected chi connectivity index (χ0v) is 10.8. The second kappa shape index (κ2) is 6.11. The summed E-state index contributed by atoms with van der Waals surface area (Å²) in [6.07, 6.45) is 1.61. The first kappa shape index (κ1) is 13.9. The Morgan fingerprint density at radius 2 is 2.25 bits per heavy atom. The molecule has 0 atom stereocenters. The largest absolute Gasteiger partial charge is 0.351 e. The number of non-ortho nitro benzene ring substituents is 1. The van der Waals surface area contributed by atoms with Gasteiger partial charge in [0.2, 0.25) is 0 Å². The summed E-state index contributed by atoms with van der Waals surface area (Å²) in [5.41, 5.74) is 6.04. The molecule has 0 saturated carbocycles. The van der Waals surface area contributed by atoms with Gasteiger partial charge in [-0.2, -0.15) is 5.10 Å². The Bertz CT molecular complexity index is 637. The minimum atomic E-state index is -0.505. The van der Waals surface area contributed by atoms with Gasteiger partial charge in [-0.15, -0.1) is 0 Å². The lowest BCUT2D eigenvalue weighted by atomic mass is 10.2. The van der Waals surface area contributed by atoms with E-state index in [1.54, 1.807) is 0 Å². The van der Waals surface area contributed by atoms with E-state index in [9.17, 15) is 14.9 Å². The van der Waals surface area contributed by atoms with E-state index >= 15 is 0 Å². The maximum atomic E-state index is 12.0. The molecule has 20 heavy (non-hydrogen) atoms. The smallest absolute Gasteiger partial charge is 0.272 e. The van der Waals surface area contributed by atoms with Gasteiger partial charge in [-0.3, -0.25) is 20.0 Å². The molecule has 2 rings (SSSR count). The predicted molar refractivity (Wildman–Crippen MR) is 73.4 cm³/mol. The number of amides is 1. The van der Waals surface area contributed by atoms with Crippen LogP contribution >= 0.6 is 0 Å². The number of carbonyl (C=O) groups excluding carboxylic acids is 1. The number of carbonyl (C=O) groups is 1. The molecule has 2 aromatic rings. The molecule has 8 nitrogen and oxygen atoms in total. The van der Waals surface area contributed by atoms with Gasteiger partial charge in [0.05, 0.1) is 10.4 Å². The first-order chi connectivity index (χ1) is 9.63. The summed E-state index contributed by atoms with van der Waals surface area (Å²) >= 11 is 0. The molecule has 8 heteroatoms. The number of hydrogen-bond acceptors (Lipinski definition) is 5. The van der Waals surface area contributed by atoms with Gasteiger partial charge in [0.1, 0.15) is 0 Å². The average molecular weight is 277 g/mol. The van der Waals surface area contributed by atoms with Gasteiger partial charge in [0, 0.05) is 24.1 Å². The fourth-order valence-corrected chi connectivity index (χ4v) is 1.84. The van der Waals surface area contributed by atoms with E-state index in [1.807, 2.05) is 0 Å². The zero-order chi connectivity index (χ0) is 14.5. The molecule has 0 saturated heterocycles.